The number of carbonyl (C=O) groups excluding carboxylic acids is 2. The van der Waals surface area contributed by atoms with E-state index in [9.17, 15) is 29.8 Å². The Morgan fingerprint density at radius 2 is 1.14 bits per heavy atom. The molecule has 0 bridgehead atoms. The summed E-state index contributed by atoms with van der Waals surface area (Å²) >= 11 is 0. The zero-order chi connectivity index (χ0) is 16.8. The molecule has 0 aromatic heterocycles. The van der Waals surface area contributed by atoms with Gasteiger partial charge in [0.2, 0.25) is 0 Å². The van der Waals surface area contributed by atoms with Gasteiger partial charge in [-0.15, -0.1) is 0 Å². The van der Waals surface area contributed by atoms with Gasteiger partial charge in [0, 0.05) is 50.6 Å². The van der Waals surface area contributed by atoms with Crippen molar-refractivity contribution in [2.45, 2.75) is 45.2 Å². The van der Waals surface area contributed by atoms with Gasteiger partial charge in [0.25, 0.3) is 22.9 Å². The summed E-state index contributed by atoms with van der Waals surface area (Å²) < 4.78 is 0. The number of hydrogen-bond donors (Lipinski definition) is 2. The van der Waals surface area contributed by atoms with Crippen LogP contribution in [0, 0.1) is 20.2 Å². The van der Waals surface area contributed by atoms with Crippen LogP contribution in [0.4, 0.5) is 0 Å². The Bertz CT molecular complexity index is 406. The number of nitrogens with zero attached hydrogens (tertiary/aromatic N) is 2. The molecule has 21 heavy (non-hydrogen) atoms. The van der Waals surface area contributed by atoms with Gasteiger partial charge in [0.1, 0.15) is 0 Å². The molecule has 10 heteroatoms. The number of nitrogens with one attached hydrogen (secondary N) is 2. The fourth-order valence-electron chi connectivity index (χ4n) is 1.09. The summed E-state index contributed by atoms with van der Waals surface area (Å²) in [5.74, 6) is -1.46. The van der Waals surface area contributed by atoms with Crippen molar-refractivity contribution in [3.8, 4) is 0 Å². The van der Waals surface area contributed by atoms with E-state index in [1.165, 1.54) is 27.7 Å². The maximum Gasteiger partial charge on any atom is 0.297 e. The molecule has 0 aromatic carbocycles. The lowest BCUT2D eigenvalue weighted by molar-refractivity contribution is -0.543. The highest BCUT2D eigenvalue weighted by atomic mass is 16.6. The van der Waals surface area contributed by atoms with Crippen LogP contribution in [0.5, 0.6) is 0 Å². The Balaban J connectivity index is 4.09. The van der Waals surface area contributed by atoms with Crippen molar-refractivity contribution >= 4 is 11.8 Å². The van der Waals surface area contributed by atoms with E-state index >= 15 is 0 Å². The van der Waals surface area contributed by atoms with Gasteiger partial charge in [0.05, 0.1) is 0 Å². The second-order valence-electron chi connectivity index (χ2n) is 5.50. The number of hydrogen-bond acceptors (Lipinski definition) is 6. The quantitative estimate of drug-likeness (QED) is 0.358. The fourth-order valence-corrected chi connectivity index (χ4v) is 1.09. The Kier molecular flexibility index (Phi) is 6.20. The number of nitro groups is 2. The molecule has 0 aromatic rings. The molecule has 0 atom stereocenters. The average molecular weight is 304 g/mol. The molecule has 0 spiro atoms. The molecule has 2 N–H and O–H groups in total. The standard InChI is InChI=1S/C11H20N4O6/c1-10(2,14(18)19)8(16)12-6-5-7-13-9(17)11(3,4)15(20)21/h5-7H2,1-4H3,(H,12,16)(H,13,17). The molecular formula is C11H20N4O6. The van der Waals surface area contributed by atoms with Gasteiger partial charge in [-0.05, 0) is 6.42 Å². The third-order valence-corrected chi connectivity index (χ3v) is 2.95. The van der Waals surface area contributed by atoms with E-state index < -0.39 is 32.7 Å². The number of amides is 2. The van der Waals surface area contributed by atoms with Crippen molar-refractivity contribution in [2.75, 3.05) is 13.1 Å². The minimum Gasteiger partial charge on any atom is -0.350 e. The molecule has 0 aliphatic carbocycles. The molecule has 0 rings (SSSR count). The number of rotatable bonds is 8. The second-order valence-corrected chi connectivity index (χ2v) is 5.50. The Morgan fingerprint density at radius 1 is 0.857 bits per heavy atom. The molecule has 0 saturated carbocycles. The topological polar surface area (TPSA) is 144 Å². The molecular weight excluding hydrogens is 284 g/mol. The Morgan fingerprint density at radius 3 is 1.38 bits per heavy atom. The summed E-state index contributed by atoms with van der Waals surface area (Å²) in [6.45, 7) is 4.98. The van der Waals surface area contributed by atoms with Crippen molar-refractivity contribution in [2.24, 2.45) is 0 Å². The zero-order valence-corrected chi connectivity index (χ0v) is 12.5. The number of carbonyl (C=O) groups is 2. The monoisotopic (exact) mass is 304 g/mol. The summed E-state index contributed by atoms with van der Waals surface area (Å²) in [5, 5.41) is 26.0. The lowest BCUT2D eigenvalue weighted by atomic mass is 10.1. The molecule has 0 fully saturated rings. The smallest absolute Gasteiger partial charge is 0.297 e. The minimum atomic E-state index is -1.73. The highest BCUT2D eigenvalue weighted by molar-refractivity contribution is 5.84. The highest BCUT2D eigenvalue weighted by Gasteiger charge is 2.40. The van der Waals surface area contributed by atoms with E-state index in [2.05, 4.69) is 10.6 Å². The summed E-state index contributed by atoms with van der Waals surface area (Å²) in [5.41, 5.74) is -3.45. The maximum atomic E-state index is 11.5. The van der Waals surface area contributed by atoms with Crippen LogP contribution >= 0.6 is 0 Å². The molecule has 0 unspecified atom stereocenters. The van der Waals surface area contributed by atoms with Gasteiger partial charge in [-0.1, -0.05) is 0 Å². The van der Waals surface area contributed by atoms with Gasteiger partial charge in [-0.3, -0.25) is 29.8 Å². The first kappa shape index (κ1) is 18.7. The fraction of sp³-hybridized carbons (Fsp3) is 0.818. The van der Waals surface area contributed by atoms with Crippen molar-refractivity contribution in [3.63, 3.8) is 0 Å². The first-order valence-electron chi connectivity index (χ1n) is 6.29. The van der Waals surface area contributed by atoms with E-state index in [-0.39, 0.29) is 13.1 Å². The van der Waals surface area contributed by atoms with Gasteiger partial charge in [0.15, 0.2) is 0 Å². The Labute approximate surface area is 121 Å². The molecule has 0 radical (unpaired) electrons. The molecule has 0 saturated heterocycles. The van der Waals surface area contributed by atoms with Crippen molar-refractivity contribution in [1.82, 2.24) is 10.6 Å². The third kappa shape index (κ3) is 4.97. The van der Waals surface area contributed by atoms with E-state index in [4.69, 9.17) is 0 Å². The minimum absolute atomic E-state index is 0.120. The van der Waals surface area contributed by atoms with Gasteiger partial charge in [-0.25, -0.2) is 0 Å². The van der Waals surface area contributed by atoms with Crippen LogP contribution in [0.2, 0.25) is 0 Å². The predicted molar refractivity (Wildman–Crippen MR) is 72.8 cm³/mol. The normalized spacial score (nSPS) is 11.6. The third-order valence-electron chi connectivity index (χ3n) is 2.95. The average Bonchev–Trinajstić information content (AvgIpc) is 2.36. The SMILES string of the molecule is CC(C)(C(=O)NCCCNC(=O)C(C)(C)[N+](=O)[O-])[N+](=O)[O-]. The molecule has 2 amide bonds. The van der Waals surface area contributed by atoms with E-state index in [0.717, 1.165) is 0 Å². The molecule has 0 aliphatic rings. The summed E-state index contributed by atoms with van der Waals surface area (Å²) in [7, 11) is 0. The van der Waals surface area contributed by atoms with Crippen LogP contribution in [-0.4, -0.2) is 45.8 Å². The molecule has 0 aliphatic heterocycles. The lowest BCUT2D eigenvalue weighted by Gasteiger charge is -2.16. The van der Waals surface area contributed by atoms with Crippen LogP contribution in [-0.2, 0) is 9.59 Å². The van der Waals surface area contributed by atoms with Crippen LogP contribution in [0.15, 0.2) is 0 Å². The van der Waals surface area contributed by atoms with Gasteiger partial charge < -0.3 is 10.6 Å². The first-order valence-corrected chi connectivity index (χ1v) is 6.29. The largest absolute Gasteiger partial charge is 0.350 e. The van der Waals surface area contributed by atoms with Gasteiger partial charge >= 0.3 is 0 Å². The van der Waals surface area contributed by atoms with Crippen LogP contribution < -0.4 is 10.6 Å². The summed E-state index contributed by atoms with van der Waals surface area (Å²) in [6, 6.07) is 0. The van der Waals surface area contributed by atoms with Crippen molar-refractivity contribution < 1.29 is 19.4 Å². The van der Waals surface area contributed by atoms with Crippen molar-refractivity contribution in [3.05, 3.63) is 20.2 Å². The van der Waals surface area contributed by atoms with Crippen LogP contribution in [0.25, 0.3) is 0 Å². The van der Waals surface area contributed by atoms with E-state index in [1.54, 1.807) is 0 Å². The Hall–Kier alpha value is -2.26. The van der Waals surface area contributed by atoms with Gasteiger partial charge in [-0.2, -0.15) is 0 Å². The first-order chi connectivity index (χ1) is 9.44. The lowest BCUT2D eigenvalue weighted by Crippen LogP contribution is -2.49. The van der Waals surface area contributed by atoms with Crippen LogP contribution in [0.1, 0.15) is 34.1 Å². The zero-order valence-electron chi connectivity index (χ0n) is 12.5. The summed E-state index contributed by atoms with van der Waals surface area (Å²) in [6.07, 6.45) is 0.305. The molecule has 120 valence electrons. The van der Waals surface area contributed by atoms with Crippen molar-refractivity contribution in [1.29, 1.82) is 0 Å². The molecule has 10 nitrogen and oxygen atoms in total. The second kappa shape index (κ2) is 6.95. The van der Waals surface area contributed by atoms with Crippen LogP contribution in [0.3, 0.4) is 0 Å². The van der Waals surface area contributed by atoms with E-state index in [1.807, 2.05) is 0 Å². The van der Waals surface area contributed by atoms with E-state index in [0.29, 0.717) is 6.42 Å². The summed E-state index contributed by atoms with van der Waals surface area (Å²) in [4.78, 5) is 42.9. The maximum absolute atomic E-state index is 11.5. The predicted octanol–water partition coefficient (Wildman–Crippen LogP) is -0.280. The highest BCUT2D eigenvalue weighted by Crippen LogP contribution is 2.08. The molecule has 0 heterocycles.